The average Bonchev–Trinajstić information content (AvgIpc) is 3.59. The van der Waals surface area contributed by atoms with Gasteiger partial charge in [0.2, 0.25) is 0 Å². The summed E-state index contributed by atoms with van der Waals surface area (Å²) in [6, 6.07) is 55.5. The van der Waals surface area contributed by atoms with Crippen molar-refractivity contribution in [3.8, 4) is 62.5 Å². The largest absolute Gasteiger partial charge is 0.494 e. The van der Waals surface area contributed by atoms with Gasteiger partial charge in [-0.15, -0.1) is 48.0 Å². The molecule has 1 radical (unpaired) electrons. The van der Waals surface area contributed by atoms with Crippen LogP contribution in [0.3, 0.4) is 0 Å². The first-order chi connectivity index (χ1) is 26.0. The predicted molar refractivity (Wildman–Crippen MR) is 214 cm³/mol. The number of benzene rings is 6. The fourth-order valence-corrected chi connectivity index (χ4v) is 6.77. The molecule has 54 heavy (non-hydrogen) atoms. The van der Waals surface area contributed by atoms with E-state index in [0.29, 0.717) is 23.0 Å². The van der Waals surface area contributed by atoms with E-state index in [1.165, 1.54) is 27.9 Å². The second kappa shape index (κ2) is 16.1. The van der Waals surface area contributed by atoms with Crippen molar-refractivity contribution >= 4 is 11.0 Å². The third-order valence-electron chi connectivity index (χ3n) is 9.37. The second-order valence-corrected chi connectivity index (χ2v) is 13.6. The van der Waals surface area contributed by atoms with Crippen molar-refractivity contribution < 1.29 is 29.6 Å². The third kappa shape index (κ3) is 7.23. The van der Waals surface area contributed by atoms with E-state index >= 15 is 0 Å². The molecule has 0 aliphatic carbocycles. The van der Waals surface area contributed by atoms with Crippen molar-refractivity contribution in [2.45, 2.75) is 39.5 Å². The van der Waals surface area contributed by atoms with Crippen molar-refractivity contribution in [3.63, 3.8) is 0 Å². The molecule has 1 aliphatic heterocycles. The molecule has 0 saturated heterocycles. The van der Waals surface area contributed by atoms with Gasteiger partial charge in [0.05, 0.1) is 28.4 Å². The van der Waals surface area contributed by atoms with Crippen LogP contribution < -0.4 is 9.47 Å². The van der Waals surface area contributed by atoms with E-state index in [1.807, 2.05) is 84.9 Å². The summed E-state index contributed by atoms with van der Waals surface area (Å²) in [5, 5.41) is 0. The average molecular weight is 882 g/mol. The summed E-state index contributed by atoms with van der Waals surface area (Å²) in [4.78, 5) is 9.42. The fraction of sp³-hybridized carbons (Fsp3) is 0.125. The molecule has 0 bridgehead atoms. The molecule has 0 N–H and O–H groups in total. The molecular weight excluding hydrogens is 843 g/mol. The van der Waals surface area contributed by atoms with Gasteiger partial charge in [0.1, 0.15) is 0 Å². The van der Waals surface area contributed by atoms with Crippen molar-refractivity contribution in [2.24, 2.45) is 0 Å². The number of rotatable bonds is 6. The number of nitrogens with zero attached hydrogens (tertiary/aromatic N) is 3. The van der Waals surface area contributed by atoms with E-state index in [2.05, 4.69) is 110 Å². The summed E-state index contributed by atoms with van der Waals surface area (Å²) in [7, 11) is 0. The van der Waals surface area contributed by atoms with Gasteiger partial charge in [0.15, 0.2) is 11.5 Å². The summed E-state index contributed by atoms with van der Waals surface area (Å²) < 4.78 is 15.0. The van der Waals surface area contributed by atoms with Crippen molar-refractivity contribution in [2.75, 3.05) is 0 Å². The van der Waals surface area contributed by atoms with Crippen LogP contribution in [0.1, 0.15) is 50.7 Å². The molecule has 0 amide bonds. The topological polar surface area (TPSA) is 49.2 Å². The Hall–Kier alpha value is -5.81. The van der Waals surface area contributed by atoms with Gasteiger partial charge < -0.3 is 19.0 Å². The molecule has 3 heterocycles. The van der Waals surface area contributed by atoms with Crippen molar-refractivity contribution in [1.29, 1.82) is 0 Å². The van der Waals surface area contributed by atoms with Crippen LogP contribution in [-0.4, -0.2) is 14.5 Å². The van der Waals surface area contributed by atoms with Crippen LogP contribution in [0.25, 0.3) is 50.5 Å². The summed E-state index contributed by atoms with van der Waals surface area (Å²) in [6.45, 7) is 9.06. The van der Waals surface area contributed by atoms with Crippen LogP contribution in [0.5, 0.6) is 23.0 Å². The Bertz CT molecular complexity index is 2450. The first-order valence-corrected chi connectivity index (χ1v) is 18.0. The summed E-state index contributed by atoms with van der Waals surface area (Å²) in [5.41, 5.74) is 10.9. The normalized spacial score (nSPS) is 11.4. The van der Waals surface area contributed by atoms with Gasteiger partial charge in [-0.2, -0.15) is 0 Å². The van der Waals surface area contributed by atoms with Crippen LogP contribution in [0.4, 0.5) is 0 Å². The predicted octanol–water partition coefficient (Wildman–Crippen LogP) is 12.9. The maximum absolute atomic E-state index is 6.47. The number of para-hydroxylation sites is 4. The fourth-order valence-electron chi connectivity index (χ4n) is 6.77. The molecule has 269 valence electrons. The zero-order valence-corrected chi connectivity index (χ0v) is 33.0. The SMILES string of the molecule is CC(C)c1cc(-c2ccccc2)cc(C(C)C)c1-n1c(-c2[c-]ccc3c2Oc2ccccc2O3)nc2ccccc21.[Ir].[c-]1ccccc1-c1ccccn1. The maximum atomic E-state index is 6.47. The van der Waals surface area contributed by atoms with E-state index in [-0.39, 0.29) is 31.9 Å². The van der Waals surface area contributed by atoms with Gasteiger partial charge in [-0.3, -0.25) is 4.98 Å². The van der Waals surface area contributed by atoms with Crippen molar-refractivity contribution in [1.82, 2.24) is 14.5 Å². The maximum Gasteiger partial charge on any atom is 0.166 e. The Morgan fingerprint density at radius 2 is 1.26 bits per heavy atom. The zero-order chi connectivity index (χ0) is 36.3. The third-order valence-corrected chi connectivity index (χ3v) is 9.37. The van der Waals surface area contributed by atoms with E-state index in [0.717, 1.165) is 33.7 Å². The number of imidazole rings is 1. The Morgan fingerprint density at radius 3 is 1.94 bits per heavy atom. The molecule has 0 spiro atoms. The molecule has 0 unspecified atom stereocenters. The molecule has 0 atom stereocenters. The van der Waals surface area contributed by atoms with Crippen LogP contribution in [0, 0.1) is 12.1 Å². The Kier molecular flexibility index (Phi) is 10.9. The van der Waals surface area contributed by atoms with Crippen LogP contribution in [-0.2, 0) is 20.1 Å². The monoisotopic (exact) mass is 882 g/mol. The van der Waals surface area contributed by atoms with Gasteiger partial charge in [-0.1, -0.05) is 106 Å². The molecule has 1 aliphatic rings. The molecular formula is C48H39IrN3O2-2. The van der Waals surface area contributed by atoms with E-state index in [9.17, 15) is 0 Å². The summed E-state index contributed by atoms with van der Waals surface area (Å²) in [6.07, 6.45) is 1.79. The first-order valence-electron chi connectivity index (χ1n) is 18.0. The number of pyridine rings is 1. The standard InChI is InChI=1S/C37H31N2O2.C11H8N.Ir/c1-23(2)28-21-26(25-13-6-5-7-14-25)22-29(24(3)4)35(28)39-31-17-9-8-16-30(31)38-37(39)27-15-12-20-34-36(27)41-33-19-11-10-18-32(33)40-34;1-2-6-10(7-3-1)11-8-4-5-9-12-11;/h5-14,16-24H,1-4H3;1-6,8-9H;/q2*-1;. The Morgan fingerprint density at radius 1 is 0.593 bits per heavy atom. The zero-order valence-electron chi connectivity index (χ0n) is 30.6. The van der Waals surface area contributed by atoms with E-state index < -0.39 is 0 Å². The molecule has 0 fully saturated rings. The molecule has 6 heteroatoms. The number of hydrogen-bond acceptors (Lipinski definition) is 4. The second-order valence-electron chi connectivity index (χ2n) is 13.6. The smallest absolute Gasteiger partial charge is 0.166 e. The van der Waals surface area contributed by atoms with E-state index in [4.69, 9.17) is 14.5 Å². The van der Waals surface area contributed by atoms with Crippen molar-refractivity contribution in [3.05, 3.63) is 175 Å². The van der Waals surface area contributed by atoms with Crippen LogP contribution in [0.15, 0.2) is 152 Å². The first kappa shape index (κ1) is 36.5. The minimum Gasteiger partial charge on any atom is -0.494 e. The molecule has 5 nitrogen and oxygen atoms in total. The Balaban J connectivity index is 0.000000294. The number of ether oxygens (including phenoxy) is 2. The number of aromatic nitrogens is 3. The molecule has 8 aromatic rings. The number of hydrogen-bond donors (Lipinski definition) is 0. The van der Waals surface area contributed by atoms with Gasteiger partial charge in [0.25, 0.3) is 0 Å². The molecule has 6 aromatic carbocycles. The minimum atomic E-state index is 0. The van der Waals surface area contributed by atoms with Gasteiger partial charge in [0, 0.05) is 32.0 Å². The summed E-state index contributed by atoms with van der Waals surface area (Å²) in [5.74, 6) is 4.00. The quantitative estimate of drug-likeness (QED) is 0.156. The van der Waals surface area contributed by atoms with Gasteiger partial charge in [-0.25, -0.2) is 0 Å². The van der Waals surface area contributed by atoms with Crippen LogP contribution >= 0.6 is 0 Å². The van der Waals surface area contributed by atoms with Gasteiger partial charge >= 0.3 is 0 Å². The minimum absolute atomic E-state index is 0. The van der Waals surface area contributed by atoms with E-state index in [1.54, 1.807) is 6.20 Å². The number of fused-ring (bicyclic) bond motifs is 3. The van der Waals surface area contributed by atoms with Gasteiger partial charge in [-0.05, 0) is 82.2 Å². The molecule has 9 rings (SSSR count). The molecule has 0 saturated carbocycles. The van der Waals surface area contributed by atoms with Crippen LogP contribution in [0.2, 0.25) is 0 Å². The summed E-state index contributed by atoms with van der Waals surface area (Å²) >= 11 is 0. The molecule has 2 aromatic heterocycles. The Labute approximate surface area is 330 Å².